The summed E-state index contributed by atoms with van der Waals surface area (Å²) in [7, 11) is 3.04. The first-order valence-electron chi connectivity index (χ1n) is 8.11. The lowest BCUT2D eigenvalue weighted by Gasteiger charge is -2.20. The van der Waals surface area contributed by atoms with E-state index in [1.807, 2.05) is 0 Å². The minimum Gasteiger partial charge on any atom is -0.497 e. The monoisotopic (exact) mass is 358 g/mol. The van der Waals surface area contributed by atoms with Gasteiger partial charge in [0.25, 0.3) is 0 Å². The standard InChI is InChI=1S/C19H19FN2O4/c1-25-13-7-8-17(26-2)16(10-13)22-11-12(9-18(22)23)19(24)21-15-6-4-3-5-14(15)20/h3-8,10,12H,9,11H2,1-2H3,(H,21,24)/t12-/m1/s1. The lowest BCUT2D eigenvalue weighted by atomic mass is 10.1. The minimum atomic E-state index is -0.585. The molecular formula is C19H19FN2O4. The summed E-state index contributed by atoms with van der Waals surface area (Å²) in [5.41, 5.74) is 0.639. The van der Waals surface area contributed by atoms with Crippen molar-refractivity contribution in [1.29, 1.82) is 0 Å². The first-order chi connectivity index (χ1) is 12.5. The SMILES string of the molecule is COc1ccc(OC)c(N2C[C@H](C(=O)Nc3ccccc3F)CC2=O)c1. The van der Waals surface area contributed by atoms with Gasteiger partial charge in [-0.25, -0.2) is 4.39 Å². The molecule has 0 aliphatic carbocycles. The molecule has 26 heavy (non-hydrogen) atoms. The van der Waals surface area contributed by atoms with Crippen molar-refractivity contribution in [3.8, 4) is 11.5 Å². The van der Waals surface area contributed by atoms with Gasteiger partial charge in [-0.2, -0.15) is 0 Å². The second-order valence-electron chi connectivity index (χ2n) is 5.91. The Morgan fingerprint density at radius 2 is 1.96 bits per heavy atom. The fourth-order valence-electron chi connectivity index (χ4n) is 2.92. The average Bonchev–Trinajstić information content (AvgIpc) is 3.04. The van der Waals surface area contributed by atoms with Crippen LogP contribution in [-0.2, 0) is 9.59 Å². The molecule has 0 aromatic heterocycles. The number of benzene rings is 2. The number of hydrogen-bond acceptors (Lipinski definition) is 4. The smallest absolute Gasteiger partial charge is 0.229 e. The Hall–Kier alpha value is -3.09. The third-order valence-corrected chi connectivity index (χ3v) is 4.30. The maximum absolute atomic E-state index is 13.7. The zero-order valence-electron chi connectivity index (χ0n) is 14.5. The number of anilines is 2. The van der Waals surface area contributed by atoms with Crippen molar-refractivity contribution >= 4 is 23.2 Å². The van der Waals surface area contributed by atoms with Gasteiger partial charge in [0.05, 0.1) is 31.5 Å². The molecule has 1 heterocycles. The van der Waals surface area contributed by atoms with Crippen molar-refractivity contribution in [2.45, 2.75) is 6.42 Å². The van der Waals surface area contributed by atoms with Gasteiger partial charge >= 0.3 is 0 Å². The highest BCUT2D eigenvalue weighted by molar-refractivity contribution is 6.04. The van der Waals surface area contributed by atoms with E-state index in [-0.39, 0.29) is 24.6 Å². The normalized spacial score (nSPS) is 16.5. The molecular weight excluding hydrogens is 339 g/mol. The van der Waals surface area contributed by atoms with Crippen LogP contribution in [0.25, 0.3) is 0 Å². The molecule has 1 aliphatic rings. The highest BCUT2D eigenvalue weighted by Crippen LogP contribution is 2.36. The Kier molecular flexibility index (Phi) is 5.06. The van der Waals surface area contributed by atoms with Gasteiger partial charge in [0.2, 0.25) is 11.8 Å². The van der Waals surface area contributed by atoms with E-state index in [1.54, 1.807) is 30.3 Å². The number of nitrogens with one attached hydrogen (secondary N) is 1. The molecule has 0 bridgehead atoms. The molecule has 2 amide bonds. The van der Waals surface area contributed by atoms with Crippen LogP contribution in [-0.4, -0.2) is 32.6 Å². The highest BCUT2D eigenvalue weighted by atomic mass is 19.1. The van der Waals surface area contributed by atoms with Crippen LogP contribution >= 0.6 is 0 Å². The van der Waals surface area contributed by atoms with Crippen LogP contribution in [0.3, 0.4) is 0 Å². The summed E-state index contributed by atoms with van der Waals surface area (Å²) in [5.74, 6) is -0.616. The van der Waals surface area contributed by atoms with E-state index >= 15 is 0 Å². The van der Waals surface area contributed by atoms with Crippen molar-refractivity contribution < 1.29 is 23.5 Å². The number of carbonyl (C=O) groups excluding carboxylic acids is 2. The maximum atomic E-state index is 13.7. The van der Waals surface area contributed by atoms with Crippen LogP contribution in [0.2, 0.25) is 0 Å². The summed E-state index contributed by atoms with van der Waals surface area (Å²) < 4.78 is 24.2. The van der Waals surface area contributed by atoms with Gasteiger partial charge in [-0.05, 0) is 24.3 Å². The molecule has 136 valence electrons. The zero-order chi connectivity index (χ0) is 18.7. The van der Waals surface area contributed by atoms with Crippen molar-refractivity contribution in [2.75, 3.05) is 31.0 Å². The molecule has 1 saturated heterocycles. The fourth-order valence-corrected chi connectivity index (χ4v) is 2.92. The molecule has 0 spiro atoms. The third-order valence-electron chi connectivity index (χ3n) is 4.30. The predicted molar refractivity (Wildman–Crippen MR) is 95.0 cm³/mol. The number of para-hydroxylation sites is 1. The van der Waals surface area contributed by atoms with Crippen LogP contribution < -0.4 is 19.7 Å². The van der Waals surface area contributed by atoms with E-state index in [1.165, 1.54) is 31.3 Å². The van der Waals surface area contributed by atoms with E-state index < -0.39 is 17.6 Å². The number of halogens is 1. The summed E-state index contributed by atoms with van der Waals surface area (Å²) in [6.07, 6.45) is 0.0423. The van der Waals surface area contributed by atoms with Gasteiger partial charge in [0.1, 0.15) is 17.3 Å². The van der Waals surface area contributed by atoms with E-state index in [4.69, 9.17) is 9.47 Å². The molecule has 7 heteroatoms. The summed E-state index contributed by atoms with van der Waals surface area (Å²) in [5, 5.41) is 2.55. The number of ether oxygens (including phenoxy) is 2. The Balaban J connectivity index is 1.79. The fraction of sp³-hybridized carbons (Fsp3) is 0.263. The molecule has 1 atom stereocenters. The summed E-state index contributed by atoms with van der Waals surface area (Å²) in [6.45, 7) is 0.183. The van der Waals surface area contributed by atoms with E-state index in [0.29, 0.717) is 17.2 Å². The lowest BCUT2D eigenvalue weighted by Crippen LogP contribution is -2.28. The lowest BCUT2D eigenvalue weighted by molar-refractivity contribution is -0.122. The zero-order valence-corrected chi connectivity index (χ0v) is 14.5. The molecule has 1 N–H and O–H groups in total. The molecule has 0 radical (unpaired) electrons. The number of amides is 2. The van der Waals surface area contributed by atoms with E-state index in [2.05, 4.69) is 5.32 Å². The Labute approximate surface area is 150 Å². The molecule has 1 fully saturated rings. The molecule has 0 saturated carbocycles. The quantitative estimate of drug-likeness (QED) is 0.892. The first-order valence-corrected chi connectivity index (χ1v) is 8.11. The van der Waals surface area contributed by atoms with Gasteiger partial charge in [-0.1, -0.05) is 12.1 Å². The molecule has 3 rings (SSSR count). The predicted octanol–water partition coefficient (Wildman–Crippen LogP) is 2.83. The minimum absolute atomic E-state index is 0.0423. The maximum Gasteiger partial charge on any atom is 0.229 e. The second-order valence-corrected chi connectivity index (χ2v) is 5.91. The number of nitrogens with zero attached hydrogens (tertiary/aromatic N) is 1. The molecule has 2 aromatic rings. The Morgan fingerprint density at radius 1 is 1.19 bits per heavy atom. The molecule has 0 unspecified atom stereocenters. The average molecular weight is 358 g/mol. The third kappa shape index (κ3) is 3.46. The van der Waals surface area contributed by atoms with Gasteiger partial charge < -0.3 is 19.7 Å². The number of methoxy groups -OCH3 is 2. The van der Waals surface area contributed by atoms with Crippen LogP contribution in [0.15, 0.2) is 42.5 Å². The van der Waals surface area contributed by atoms with Crippen LogP contribution in [0.4, 0.5) is 15.8 Å². The van der Waals surface area contributed by atoms with Crippen molar-refractivity contribution in [1.82, 2.24) is 0 Å². The van der Waals surface area contributed by atoms with Gasteiger partial charge in [-0.15, -0.1) is 0 Å². The summed E-state index contributed by atoms with van der Waals surface area (Å²) in [6, 6.07) is 11.0. The van der Waals surface area contributed by atoms with Gasteiger partial charge in [0, 0.05) is 19.0 Å². The summed E-state index contributed by atoms with van der Waals surface area (Å²) >= 11 is 0. The van der Waals surface area contributed by atoms with Crippen molar-refractivity contribution in [3.05, 3.63) is 48.3 Å². The first kappa shape index (κ1) is 17.7. The van der Waals surface area contributed by atoms with E-state index in [0.717, 1.165) is 0 Å². The largest absolute Gasteiger partial charge is 0.497 e. The number of rotatable bonds is 5. The molecule has 2 aromatic carbocycles. The van der Waals surface area contributed by atoms with Crippen LogP contribution in [0, 0.1) is 11.7 Å². The molecule has 6 nitrogen and oxygen atoms in total. The van der Waals surface area contributed by atoms with Crippen LogP contribution in [0.1, 0.15) is 6.42 Å². The van der Waals surface area contributed by atoms with Gasteiger partial charge in [-0.3, -0.25) is 9.59 Å². The summed E-state index contributed by atoms with van der Waals surface area (Å²) in [4.78, 5) is 26.4. The Morgan fingerprint density at radius 3 is 2.65 bits per heavy atom. The van der Waals surface area contributed by atoms with Gasteiger partial charge in [0.15, 0.2) is 0 Å². The second kappa shape index (κ2) is 7.43. The van der Waals surface area contributed by atoms with Crippen LogP contribution in [0.5, 0.6) is 11.5 Å². The van der Waals surface area contributed by atoms with Crippen molar-refractivity contribution in [2.24, 2.45) is 5.92 Å². The molecule has 1 aliphatic heterocycles. The van der Waals surface area contributed by atoms with E-state index in [9.17, 15) is 14.0 Å². The van der Waals surface area contributed by atoms with Crippen molar-refractivity contribution in [3.63, 3.8) is 0 Å². The number of hydrogen-bond donors (Lipinski definition) is 1. The number of carbonyl (C=O) groups is 2. The topological polar surface area (TPSA) is 67.9 Å². The Bertz CT molecular complexity index is 840. The highest BCUT2D eigenvalue weighted by Gasteiger charge is 2.36.